The van der Waals surface area contributed by atoms with Gasteiger partial charge in [-0.25, -0.2) is 0 Å². The molecule has 0 aromatic carbocycles. The van der Waals surface area contributed by atoms with Crippen molar-refractivity contribution in [2.24, 2.45) is 5.73 Å². The average molecular weight is 199 g/mol. The molecule has 84 valence electrons. The second-order valence-corrected chi connectivity index (χ2v) is 4.78. The quantitative estimate of drug-likeness (QED) is 0.709. The van der Waals surface area contributed by atoms with E-state index < -0.39 is 0 Å². The van der Waals surface area contributed by atoms with Crippen molar-refractivity contribution >= 4 is 0 Å². The number of rotatable bonds is 5. The molecule has 1 heterocycles. The monoisotopic (exact) mass is 199 g/mol. The number of hydrogen-bond donors (Lipinski definition) is 1. The Labute approximate surface area is 88.2 Å². The summed E-state index contributed by atoms with van der Waals surface area (Å²) in [6.45, 7) is 9.20. The summed E-state index contributed by atoms with van der Waals surface area (Å²) < 4.78 is 0. The normalized spacial score (nSPS) is 24.0. The van der Waals surface area contributed by atoms with Gasteiger partial charge in [0.25, 0.3) is 0 Å². The van der Waals surface area contributed by atoms with E-state index in [0.29, 0.717) is 12.1 Å². The maximum atomic E-state index is 5.85. The van der Waals surface area contributed by atoms with E-state index >= 15 is 0 Å². The Bertz CT molecular complexity index is 159. The van der Waals surface area contributed by atoms with E-state index in [1.807, 2.05) is 0 Å². The molecule has 1 unspecified atom stereocenters. The molecular formula is C11H25N3. The third kappa shape index (κ3) is 3.95. The second-order valence-electron chi connectivity index (χ2n) is 4.78. The van der Waals surface area contributed by atoms with E-state index in [1.165, 1.54) is 32.5 Å². The lowest BCUT2D eigenvalue weighted by Crippen LogP contribution is -2.32. The number of nitrogens with zero attached hydrogens (tertiary/aromatic N) is 2. The Hall–Kier alpha value is -0.120. The van der Waals surface area contributed by atoms with Crippen molar-refractivity contribution < 1.29 is 0 Å². The van der Waals surface area contributed by atoms with Crippen LogP contribution in [0.15, 0.2) is 0 Å². The Kier molecular flexibility index (Phi) is 4.85. The summed E-state index contributed by atoms with van der Waals surface area (Å²) in [7, 11) is 2.19. The molecule has 0 saturated carbocycles. The third-order valence-corrected chi connectivity index (χ3v) is 3.18. The molecule has 0 amide bonds. The summed E-state index contributed by atoms with van der Waals surface area (Å²) >= 11 is 0. The lowest BCUT2D eigenvalue weighted by Gasteiger charge is -2.22. The maximum absolute atomic E-state index is 5.85. The smallest absolute Gasteiger partial charge is 0.0180 e. The predicted molar refractivity (Wildman–Crippen MR) is 61.4 cm³/mol. The maximum Gasteiger partial charge on any atom is 0.0180 e. The predicted octanol–water partition coefficient (Wildman–Crippen LogP) is 0.750. The van der Waals surface area contributed by atoms with Gasteiger partial charge in [0.05, 0.1) is 0 Å². The zero-order valence-corrected chi connectivity index (χ0v) is 9.87. The van der Waals surface area contributed by atoms with Gasteiger partial charge in [0, 0.05) is 18.6 Å². The lowest BCUT2D eigenvalue weighted by atomic mass is 10.3. The van der Waals surface area contributed by atoms with Gasteiger partial charge in [-0.2, -0.15) is 0 Å². The van der Waals surface area contributed by atoms with Gasteiger partial charge in [-0.1, -0.05) is 0 Å². The van der Waals surface area contributed by atoms with E-state index in [0.717, 1.165) is 6.54 Å². The molecule has 1 saturated heterocycles. The van der Waals surface area contributed by atoms with Crippen LogP contribution in [0.25, 0.3) is 0 Å². The summed E-state index contributed by atoms with van der Waals surface area (Å²) in [5, 5.41) is 0. The SMILES string of the molecule is CC(C)N(C)CCCN1CCC(N)C1. The Balaban J connectivity index is 2.04. The van der Waals surface area contributed by atoms with Gasteiger partial charge in [-0.3, -0.25) is 0 Å². The van der Waals surface area contributed by atoms with Gasteiger partial charge in [0.1, 0.15) is 0 Å². The van der Waals surface area contributed by atoms with Crippen LogP contribution < -0.4 is 5.73 Å². The van der Waals surface area contributed by atoms with Gasteiger partial charge < -0.3 is 15.5 Å². The Morgan fingerprint density at radius 3 is 2.71 bits per heavy atom. The van der Waals surface area contributed by atoms with E-state index in [1.54, 1.807) is 0 Å². The van der Waals surface area contributed by atoms with Crippen molar-refractivity contribution in [1.29, 1.82) is 0 Å². The van der Waals surface area contributed by atoms with Crippen molar-refractivity contribution in [3.05, 3.63) is 0 Å². The fourth-order valence-electron chi connectivity index (χ4n) is 1.87. The highest BCUT2D eigenvalue weighted by molar-refractivity contribution is 4.77. The van der Waals surface area contributed by atoms with Crippen LogP contribution in [0.2, 0.25) is 0 Å². The van der Waals surface area contributed by atoms with Gasteiger partial charge >= 0.3 is 0 Å². The van der Waals surface area contributed by atoms with Crippen molar-refractivity contribution in [3.8, 4) is 0 Å². The Morgan fingerprint density at radius 1 is 1.50 bits per heavy atom. The topological polar surface area (TPSA) is 32.5 Å². The highest BCUT2D eigenvalue weighted by atomic mass is 15.2. The van der Waals surface area contributed by atoms with E-state index in [4.69, 9.17) is 5.73 Å². The number of hydrogen-bond acceptors (Lipinski definition) is 3. The minimum absolute atomic E-state index is 0.429. The molecule has 3 heteroatoms. The molecule has 0 bridgehead atoms. The van der Waals surface area contributed by atoms with Crippen LogP contribution >= 0.6 is 0 Å². The van der Waals surface area contributed by atoms with Crippen LogP contribution in [0.3, 0.4) is 0 Å². The first-order valence-corrected chi connectivity index (χ1v) is 5.77. The molecule has 0 spiro atoms. The van der Waals surface area contributed by atoms with Crippen LogP contribution in [-0.4, -0.2) is 55.1 Å². The minimum Gasteiger partial charge on any atom is -0.326 e. The zero-order chi connectivity index (χ0) is 10.6. The van der Waals surface area contributed by atoms with Crippen LogP contribution in [-0.2, 0) is 0 Å². The highest BCUT2D eigenvalue weighted by Crippen LogP contribution is 2.07. The summed E-state index contributed by atoms with van der Waals surface area (Å²) in [6.07, 6.45) is 2.45. The second kappa shape index (κ2) is 5.69. The fraction of sp³-hybridized carbons (Fsp3) is 1.00. The molecule has 1 rings (SSSR count). The van der Waals surface area contributed by atoms with Crippen LogP contribution in [0, 0.1) is 0 Å². The lowest BCUT2D eigenvalue weighted by molar-refractivity contribution is 0.244. The fourth-order valence-corrected chi connectivity index (χ4v) is 1.87. The first kappa shape index (κ1) is 12.0. The zero-order valence-electron chi connectivity index (χ0n) is 9.87. The first-order chi connectivity index (χ1) is 6.59. The van der Waals surface area contributed by atoms with Crippen LogP contribution in [0.1, 0.15) is 26.7 Å². The van der Waals surface area contributed by atoms with Gasteiger partial charge in [-0.15, -0.1) is 0 Å². The van der Waals surface area contributed by atoms with E-state index in [2.05, 4.69) is 30.7 Å². The Morgan fingerprint density at radius 2 is 2.21 bits per heavy atom. The van der Waals surface area contributed by atoms with Gasteiger partial charge in [0.15, 0.2) is 0 Å². The van der Waals surface area contributed by atoms with E-state index in [9.17, 15) is 0 Å². The van der Waals surface area contributed by atoms with Crippen LogP contribution in [0.5, 0.6) is 0 Å². The van der Waals surface area contributed by atoms with Crippen molar-refractivity contribution in [1.82, 2.24) is 9.80 Å². The molecule has 14 heavy (non-hydrogen) atoms. The minimum atomic E-state index is 0.429. The summed E-state index contributed by atoms with van der Waals surface area (Å²) in [5.41, 5.74) is 5.85. The molecule has 0 radical (unpaired) electrons. The number of nitrogens with two attached hydrogens (primary N) is 1. The van der Waals surface area contributed by atoms with E-state index in [-0.39, 0.29) is 0 Å². The third-order valence-electron chi connectivity index (χ3n) is 3.18. The summed E-state index contributed by atoms with van der Waals surface area (Å²) in [5.74, 6) is 0. The molecule has 0 aromatic rings. The molecular weight excluding hydrogens is 174 g/mol. The van der Waals surface area contributed by atoms with Gasteiger partial charge in [-0.05, 0) is 53.4 Å². The van der Waals surface area contributed by atoms with Crippen molar-refractivity contribution in [2.45, 2.75) is 38.8 Å². The van der Waals surface area contributed by atoms with Gasteiger partial charge in [0.2, 0.25) is 0 Å². The number of likely N-dealkylation sites (tertiary alicyclic amines) is 1. The molecule has 2 N–H and O–H groups in total. The summed E-state index contributed by atoms with van der Waals surface area (Å²) in [4.78, 5) is 4.88. The first-order valence-electron chi connectivity index (χ1n) is 5.77. The van der Waals surface area contributed by atoms with Crippen LogP contribution in [0.4, 0.5) is 0 Å². The summed E-state index contributed by atoms with van der Waals surface area (Å²) in [6, 6.07) is 1.09. The average Bonchev–Trinajstić information content (AvgIpc) is 2.51. The highest BCUT2D eigenvalue weighted by Gasteiger charge is 2.18. The standard InChI is InChI=1S/C11H25N3/c1-10(2)13(3)6-4-7-14-8-5-11(12)9-14/h10-11H,4-9,12H2,1-3H3. The molecule has 0 aromatic heterocycles. The van der Waals surface area contributed by atoms with Crippen molar-refractivity contribution in [3.63, 3.8) is 0 Å². The van der Waals surface area contributed by atoms with Crippen molar-refractivity contribution in [2.75, 3.05) is 33.2 Å². The molecule has 1 aliphatic rings. The largest absolute Gasteiger partial charge is 0.326 e. The molecule has 0 aliphatic carbocycles. The molecule has 1 aliphatic heterocycles. The molecule has 1 atom stereocenters. The molecule has 3 nitrogen and oxygen atoms in total. The molecule has 1 fully saturated rings.